The fourth-order valence-electron chi connectivity index (χ4n) is 1.56. The summed E-state index contributed by atoms with van der Waals surface area (Å²) in [6.07, 6.45) is 3.08. The molecule has 0 aliphatic heterocycles. The van der Waals surface area contributed by atoms with Crippen LogP contribution in [-0.4, -0.2) is 15.3 Å². The Kier molecular flexibility index (Phi) is 3.88. The van der Waals surface area contributed by atoms with E-state index in [1.54, 1.807) is 18.3 Å². The molecule has 2 heterocycles. The molecule has 0 fully saturated rings. The van der Waals surface area contributed by atoms with E-state index in [1.807, 2.05) is 13.8 Å². The summed E-state index contributed by atoms with van der Waals surface area (Å²) in [7, 11) is 0. The average molecular weight is 272 g/mol. The lowest BCUT2D eigenvalue weighted by Gasteiger charge is -2.03. The molecule has 0 aromatic carbocycles. The number of hydrogen-bond acceptors (Lipinski definition) is 5. The third-order valence-corrected chi connectivity index (χ3v) is 3.30. The highest BCUT2D eigenvalue weighted by atomic mass is 32.1. The largest absolute Gasteiger partial charge is 0.311 e. The lowest BCUT2D eigenvalue weighted by molar-refractivity contribution is 0.102. The molecule has 0 aliphatic carbocycles. The Morgan fingerprint density at radius 3 is 2.89 bits per heavy atom. The minimum Gasteiger partial charge on any atom is -0.311 e. The summed E-state index contributed by atoms with van der Waals surface area (Å²) < 4.78 is 4.22. The topological polar surface area (TPSA) is 78.7 Å². The first kappa shape index (κ1) is 13.2. The van der Waals surface area contributed by atoms with Crippen LogP contribution in [0, 0.1) is 11.3 Å². The van der Waals surface area contributed by atoms with Gasteiger partial charge in [-0.1, -0.05) is 13.8 Å². The van der Waals surface area contributed by atoms with Crippen molar-refractivity contribution in [1.29, 1.82) is 5.26 Å². The normalized spacial score (nSPS) is 10.2. The third-order valence-electron chi connectivity index (χ3n) is 2.53. The van der Waals surface area contributed by atoms with Crippen molar-refractivity contribution in [2.45, 2.75) is 19.8 Å². The average Bonchev–Trinajstić information content (AvgIpc) is 2.82. The molecule has 0 unspecified atom stereocenters. The maximum atomic E-state index is 12.0. The number of carbonyl (C=O) groups is 1. The van der Waals surface area contributed by atoms with Crippen LogP contribution in [-0.2, 0) is 0 Å². The Hall–Kier alpha value is -2.26. The van der Waals surface area contributed by atoms with Crippen LogP contribution in [0.1, 0.15) is 41.4 Å². The lowest BCUT2D eigenvalue weighted by Crippen LogP contribution is -2.12. The van der Waals surface area contributed by atoms with E-state index in [0.29, 0.717) is 21.8 Å². The van der Waals surface area contributed by atoms with Crippen LogP contribution in [0.25, 0.3) is 0 Å². The molecule has 0 saturated heterocycles. The Morgan fingerprint density at radius 1 is 1.53 bits per heavy atom. The van der Waals surface area contributed by atoms with Crippen LogP contribution in [0.2, 0.25) is 0 Å². The van der Waals surface area contributed by atoms with Gasteiger partial charge in [-0.3, -0.25) is 9.78 Å². The van der Waals surface area contributed by atoms with Gasteiger partial charge in [-0.05, 0) is 29.6 Å². The van der Waals surface area contributed by atoms with Crippen molar-refractivity contribution < 1.29 is 4.79 Å². The molecule has 2 aromatic heterocycles. The predicted molar refractivity (Wildman–Crippen MR) is 73.1 cm³/mol. The van der Waals surface area contributed by atoms with Crippen LogP contribution in [0.3, 0.4) is 0 Å². The van der Waals surface area contributed by atoms with Crippen LogP contribution in [0.4, 0.5) is 5.00 Å². The van der Waals surface area contributed by atoms with Crippen molar-refractivity contribution in [2.24, 2.45) is 0 Å². The van der Waals surface area contributed by atoms with Gasteiger partial charge < -0.3 is 5.32 Å². The zero-order valence-electron chi connectivity index (χ0n) is 10.5. The van der Waals surface area contributed by atoms with E-state index in [4.69, 9.17) is 0 Å². The van der Waals surface area contributed by atoms with Crippen molar-refractivity contribution in [3.63, 3.8) is 0 Å². The quantitative estimate of drug-likeness (QED) is 0.931. The maximum absolute atomic E-state index is 12.0. The van der Waals surface area contributed by atoms with Gasteiger partial charge in [0.25, 0.3) is 5.91 Å². The second-order valence-electron chi connectivity index (χ2n) is 4.23. The Morgan fingerprint density at radius 2 is 2.32 bits per heavy atom. The van der Waals surface area contributed by atoms with E-state index in [1.165, 1.54) is 6.20 Å². The summed E-state index contributed by atoms with van der Waals surface area (Å²) in [5, 5.41) is 12.4. The molecule has 96 valence electrons. The zero-order valence-corrected chi connectivity index (χ0v) is 11.4. The second-order valence-corrected chi connectivity index (χ2v) is 5.01. The monoisotopic (exact) mass is 272 g/mol. The molecule has 0 spiro atoms. The highest BCUT2D eigenvalue weighted by molar-refractivity contribution is 7.10. The van der Waals surface area contributed by atoms with Gasteiger partial charge in [0.15, 0.2) is 0 Å². The van der Waals surface area contributed by atoms with Crippen molar-refractivity contribution >= 4 is 22.4 Å². The molecule has 0 bridgehead atoms. The van der Waals surface area contributed by atoms with Gasteiger partial charge in [0.1, 0.15) is 16.6 Å². The number of anilines is 1. The lowest BCUT2D eigenvalue weighted by atomic mass is 10.1. The van der Waals surface area contributed by atoms with Gasteiger partial charge in [-0.15, -0.1) is 0 Å². The highest BCUT2D eigenvalue weighted by Gasteiger charge is 2.18. The summed E-state index contributed by atoms with van der Waals surface area (Å²) in [6.45, 7) is 3.92. The molecule has 0 radical (unpaired) electrons. The van der Waals surface area contributed by atoms with Crippen LogP contribution in [0.5, 0.6) is 0 Å². The Bertz CT molecular complexity index is 628. The van der Waals surface area contributed by atoms with Crippen molar-refractivity contribution in [3.8, 4) is 6.07 Å². The Balaban J connectivity index is 2.26. The molecule has 1 N–H and O–H groups in total. The smallest absolute Gasteiger partial charge is 0.257 e. The molecule has 19 heavy (non-hydrogen) atoms. The minimum absolute atomic E-state index is 0.148. The van der Waals surface area contributed by atoms with Crippen LogP contribution < -0.4 is 5.32 Å². The SMILES string of the molecule is CC(C)c1nsc(NC(=O)c2cccnc2)c1C#N. The number of pyridine rings is 1. The first-order chi connectivity index (χ1) is 9.13. The van der Waals surface area contributed by atoms with Gasteiger partial charge in [-0.2, -0.15) is 9.64 Å². The maximum Gasteiger partial charge on any atom is 0.257 e. The zero-order chi connectivity index (χ0) is 13.8. The molecule has 0 atom stereocenters. The van der Waals surface area contributed by atoms with Crippen LogP contribution in [0.15, 0.2) is 24.5 Å². The number of nitrogens with one attached hydrogen (secondary N) is 1. The number of amides is 1. The summed E-state index contributed by atoms with van der Waals surface area (Å²) in [6, 6.07) is 5.45. The number of hydrogen-bond donors (Lipinski definition) is 1. The number of aromatic nitrogens is 2. The van der Waals surface area contributed by atoms with Crippen molar-refractivity contribution in [2.75, 3.05) is 5.32 Å². The first-order valence-electron chi connectivity index (χ1n) is 5.74. The summed E-state index contributed by atoms with van der Waals surface area (Å²) in [5.74, 6) is -0.140. The molecule has 0 aliphatic rings. The molecule has 2 aromatic rings. The molecule has 1 amide bonds. The minimum atomic E-state index is -0.288. The predicted octanol–water partition coefficient (Wildman–Crippen LogP) is 2.79. The van der Waals surface area contributed by atoms with Gasteiger partial charge >= 0.3 is 0 Å². The highest BCUT2D eigenvalue weighted by Crippen LogP contribution is 2.29. The van der Waals surface area contributed by atoms with E-state index in [9.17, 15) is 10.1 Å². The molecule has 5 nitrogen and oxygen atoms in total. The molecule has 2 rings (SSSR count). The Labute approximate surface area is 115 Å². The number of nitriles is 1. The van der Waals surface area contributed by atoms with Crippen molar-refractivity contribution in [1.82, 2.24) is 9.36 Å². The molecular formula is C13H12N4OS. The summed E-state index contributed by atoms with van der Waals surface area (Å²) >= 11 is 1.13. The molecule has 0 saturated carbocycles. The fourth-order valence-corrected chi connectivity index (χ4v) is 2.43. The molecular weight excluding hydrogens is 260 g/mol. The first-order valence-corrected chi connectivity index (χ1v) is 6.52. The second kappa shape index (κ2) is 5.59. The van der Waals surface area contributed by atoms with Crippen LogP contribution >= 0.6 is 11.5 Å². The number of rotatable bonds is 3. The van der Waals surface area contributed by atoms with E-state index in [0.717, 1.165) is 11.5 Å². The van der Waals surface area contributed by atoms with Gasteiger partial charge in [0, 0.05) is 12.4 Å². The van der Waals surface area contributed by atoms with E-state index in [2.05, 4.69) is 20.7 Å². The van der Waals surface area contributed by atoms with E-state index >= 15 is 0 Å². The fraction of sp³-hybridized carbons (Fsp3) is 0.231. The number of carbonyl (C=O) groups excluding carboxylic acids is 1. The van der Waals surface area contributed by atoms with E-state index < -0.39 is 0 Å². The summed E-state index contributed by atoms with van der Waals surface area (Å²) in [4.78, 5) is 15.9. The van der Waals surface area contributed by atoms with E-state index in [-0.39, 0.29) is 11.8 Å². The van der Waals surface area contributed by atoms with Gasteiger partial charge in [-0.25, -0.2) is 0 Å². The summed E-state index contributed by atoms with van der Waals surface area (Å²) in [5.41, 5.74) is 1.61. The number of nitrogens with zero attached hydrogens (tertiary/aromatic N) is 3. The van der Waals surface area contributed by atoms with Crippen molar-refractivity contribution in [3.05, 3.63) is 41.3 Å². The van der Waals surface area contributed by atoms with Gasteiger partial charge in [0.05, 0.1) is 11.3 Å². The standard InChI is InChI=1S/C13H12N4OS/c1-8(2)11-10(6-14)13(19-17-11)16-12(18)9-4-3-5-15-7-9/h3-5,7-8H,1-2H3,(H,16,18). The van der Waals surface area contributed by atoms with Gasteiger partial charge in [0.2, 0.25) is 0 Å². The molecule has 6 heteroatoms. The third kappa shape index (κ3) is 2.77.